The molecule has 23 heavy (non-hydrogen) atoms. The molecule has 0 saturated carbocycles. The standard InChI is InChI=1S/C13H13F2N3O4S/c1-17-12(19)9-3-2-8(18(20)21)6-10(9)16-13(17)23-5-4-22-7-11(14)15/h2-3,6,11H,4-5,7H2,1H3. The summed E-state index contributed by atoms with van der Waals surface area (Å²) in [5.74, 6) is 0.327. The maximum Gasteiger partial charge on any atom is 0.271 e. The Morgan fingerprint density at radius 1 is 1.48 bits per heavy atom. The summed E-state index contributed by atoms with van der Waals surface area (Å²) in [6.07, 6.45) is -2.52. The van der Waals surface area contributed by atoms with Gasteiger partial charge in [0.2, 0.25) is 0 Å². The molecule has 124 valence electrons. The van der Waals surface area contributed by atoms with Gasteiger partial charge in [-0.1, -0.05) is 11.8 Å². The minimum atomic E-state index is -2.52. The van der Waals surface area contributed by atoms with Crippen molar-refractivity contribution in [3.05, 3.63) is 38.7 Å². The van der Waals surface area contributed by atoms with Crippen molar-refractivity contribution in [1.82, 2.24) is 9.55 Å². The smallest absolute Gasteiger partial charge is 0.271 e. The first kappa shape index (κ1) is 17.3. The average Bonchev–Trinajstić information content (AvgIpc) is 2.50. The molecule has 10 heteroatoms. The van der Waals surface area contributed by atoms with Crippen molar-refractivity contribution in [2.24, 2.45) is 7.05 Å². The van der Waals surface area contributed by atoms with Crippen LogP contribution in [0.4, 0.5) is 14.5 Å². The predicted octanol–water partition coefficient (Wildman–Crippen LogP) is 2.22. The van der Waals surface area contributed by atoms with Crippen molar-refractivity contribution in [3.63, 3.8) is 0 Å². The number of halogens is 2. The number of rotatable bonds is 7. The van der Waals surface area contributed by atoms with Crippen LogP contribution in [0.5, 0.6) is 0 Å². The molecule has 0 spiro atoms. The Bertz CT molecular complexity index is 782. The van der Waals surface area contributed by atoms with Crippen LogP contribution in [0.3, 0.4) is 0 Å². The molecule has 0 fully saturated rings. The lowest BCUT2D eigenvalue weighted by atomic mass is 10.2. The van der Waals surface area contributed by atoms with Gasteiger partial charge < -0.3 is 4.74 Å². The van der Waals surface area contributed by atoms with Crippen molar-refractivity contribution in [1.29, 1.82) is 0 Å². The van der Waals surface area contributed by atoms with E-state index in [-0.39, 0.29) is 28.8 Å². The number of aromatic nitrogens is 2. The van der Waals surface area contributed by atoms with Gasteiger partial charge >= 0.3 is 0 Å². The van der Waals surface area contributed by atoms with E-state index in [0.717, 1.165) is 11.8 Å². The van der Waals surface area contributed by atoms with Gasteiger partial charge in [-0.15, -0.1) is 0 Å². The van der Waals surface area contributed by atoms with Crippen LogP contribution in [0.25, 0.3) is 10.9 Å². The molecule has 0 aliphatic rings. The van der Waals surface area contributed by atoms with Gasteiger partial charge in [-0.05, 0) is 6.07 Å². The number of ether oxygens (including phenoxy) is 1. The molecule has 1 aromatic heterocycles. The number of thioether (sulfide) groups is 1. The van der Waals surface area contributed by atoms with Gasteiger partial charge in [0.1, 0.15) is 6.61 Å². The van der Waals surface area contributed by atoms with E-state index in [1.165, 1.54) is 29.8 Å². The van der Waals surface area contributed by atoms with Crippen molar-refractivity contribution in [2.75, 3.05) is 19.0 Å². The molecule has 0 aliphatic carbocycles. The monoisotopic (exact) mass is 345 g/mol. The van der Waals surface area contributed by atoms with Gasteiger partial charge in [-0.3, -0.25) is 19.5 Å². The van der Waals surface area contributed by atoms with Crippen LogP contribution < -0.4 is 5.56 Å². The third kappa shape index (κ3) is 4.23. The first-order valence-corrected chi connectivity index (χ1v) is 7.52. The number of fused-ring (bicyclic) bond motifs is 1. The Hall–Kier alpha value is -2.07. The second kappa shape index (κ2) is 7.47. The Kier molecular flexibility index (Phi) is 5.61. The number of nitro benzene ring substituents is 1. The fourth-order valence-electron chi connectivity index (χ4n) is 1.85. The molecule has 7 nitrogen and oxygen atoms in total. The first-order chi connectivity index (χ1) is 10.9. The van der Waals surface area contributed by atoms with Crippen molar-refractivity contribution < 1.29 is 18.4 Å². The summed E-state index contributed by atoms with van der Waals surface area (Å²) in [4.78, 5) is 26.7. The number of non-ortho nitro benzene ring substituents is 1. The molecule has 2 rings (SSSR count). The van der Waals surface area contributed by atoms with Crippen LogP contribution in [0.2, 0.25) is 0 Å². The van der Waals surface area contributed by atoms with Crippen molar-refractivity contribution >= 4 is 28.4 Å². The van der Waals surface area contributed by atoms with E-state index in [1.807, 2.05) is 0 Å². The number of nitrogens with zero attached hydrogens (tertiary/aromatic N) is 3. The van der Waals surface area contributed by atoms with E-state index in [9.17, 15) is 23.7 Å². The summed E-state index contributed by atoms with van der Waals surface area (Å²) in [7, 11) is 1.53. The van der Waals surface area contributed by atoms with E-state index in [0.29, 0.717) is 10.9 Å². The Balaban J connectivity index is 2.21. The molecule has 0 bridgehead atoms. The fraction of sp³-hybridized carbons (Fsp3) is 0.385. The molecule has 1 heterocycles. The Morgan fingerprint density at radius 3 is 2.87 bits per heavy atom. The highest BCUT2D eigenvalue weighted by molar-refractivity contribution is 7.99. The van der Waals surface area contributed by atoms with Crippen LogP contribution in [-0.4, -0.2) is 39.9 Å². The van der Waals surface area contributed by atoms with Gasteiger partial charge in [0.05, 0.1) is 22.4 Å². The second-order valence-corrected chi connectivity index (χ2v) is 5.59. The summed E-state index contributed by atoms with van der Waals surface area (Å²) >= 11 is 1.15. The van der Waals surface area contributed by atoms with E-state index in [2.05, 4.69) is 4.98 Å². The van der Waals surface area contributed by atoms with Crippen LogP contribution >= 0.6 is 11.8 Å². The molecular formula is C13H13F2N3O4S. The molecule has 2 aromatic rings. The van der Waals surface area contributed by atoms with Gasteiger partial charge in [0.15, 0.2) is 5.16 Å². The molecular weight excluding hydrogens is 332 g/mol. The van der Waals surface area contributed by atoms with Crippen LogP contribution in [0, 0.1) is 10.1 Å². The van der Waals surface area contributed by atoms with Gasteiger partial charge in [-0.2, -0.15) is 0 Å². The fourth-order valence-corrected chi connectivity index (χ4v) is 2.67. The minimum absolute atomic E-state index is 0.0812. The van der Waals surface area contributed by atoms with Gasteiger partial charge in [0, 0.05) is 24.9 Å². The van der Waals surface area contributed by atoms with Crippen LogP contribution in [-0.2, 0) is 11.8 Å². The number of alkyl halides is 2. The Labute approximate surface area is 133 Å². The van der Waals surface area contributed by atoms with E-state index >= 15 is 0 Å². The number of nitro groups is 1. The van der Waals surface area contributed by atoms with E-state index in [4.69, 9.17) is 4.74 Å². The Morgan fingerprint density at radius 2 is 2.22 bits per heavy atom. The highest BCUT2D eigenvalue weighted by atomic mass is 32.2. The average molecular weight is 345 g/mol. The number of hydrogen-bond donors (Lipinski definition) is 0. The molecule has 0 atom stereocenters. The third-order valence-corrected chi connectivity index (χ3v) is 3.93. The number of hydrogen-bond acceptors (Lipinski definition) is 6. The topological polar surface area (TPSA) is 87.3 Å². The summed E-state index contributed by atoms with van der Waals surface area (Å²) in [5, 5.41) is 11.4. The molecule has 1 aromatic carbocycles. The van der Waals surface area contributed by atoms with Gasteiger partial charge in [0.25, 0.3) is 17.7 Å². The van der Waals surface area contributed by atoms with Crippen LogP contribution in [0.15, 0.2) is 28.2 Å². The lowest BCUT2D eigenvalue weighted by Crippen LogP contribution is -2.20. The SMILES string of the molecule is Cn1c(SCCOCC(F)F)nc2cc([N+](=O)[O-])ccc2c1=O. The molecule has 0 aliphatic heterocycles. The third-order valence-electron chi connectivity index (χ3n) is 2.93. The normalized spacial score (nSPS) is 11.3. The summed E-state index contributed by atoms with van der Waals surface area (Å²) in [6.45, 7) is -0.561. The largest absolute Gasteiger partial charge is 0.375 e. The second-order valence-electron chi connectivity index (χ2n) is 4.53. The molecule has 0 amide bonds. The zero-order chi connectivity index (χ0) is 17.0. The maximum absolute atomic E-state index is 12.2. The maximum atomic E-state index is 12.2. The minimum Gasteiger partial charge on any atom is -0.375 e. The van der Waals surface area contributed by atoms with Crippen molar-refractivity contribution in [3.8, 4) is 0 Å². The zero-order valence-electron chi connectivity index (χ0n) is 12.1. The molecule has 0 N–H and O–H groups in total. The lowest BCUT2D eigenvalue weighted by molar-refractivity contribution is -0.384. The molecule has 0 unspecified atom stereocenters. The summed E-state index contributed by atoms with van der Waals surface area (Å²) < 4.78 is 29.9. The summed E-state index contributed by atoms with van der Waals surface area (Å²) in [5.41, 5.74) is -0.270. The van der Waals surface area contributed by atoms with Gasteiger partial charge in [-0.25, -0.2) is 13.8 Å². The lowest BCUT2D eigenvalue weighted by Gasteiger charge is -2.09. The van der Waals surface area contributed by atoms with E-state index in [1.54, 1.807) is 0 Å². The number of benzene rings is 1. The first-order valence-electron chi connectivity index (χ1n) is 6.54. The van der Waals surface area contributed by atoms with E-state index < -0.39 is 18.0 Å². The quantitative estimate of drug-likeness (QED) is 0.251. The molecule has 0 saturated heterocycles. The summed E-state index contributed by atoms with van der Waals surface area (Å²) in [6, 6.07) is 3.84. The highest BCUT2D eigenvalue weighted by Gasteiger charge is 2.13. The zero-order valence-corrected chi connectivity index (χ0v) is 12.9. The van der Waals surface area contributed by atoms with Crippen LogP contribution in [0.1, 0.15) is 0 Å². The van der Waals surface area contributed by atoms with Crippen molar-refractivity contribution in [2.45, 2.75) is 11.6 Å². The highest BCUT2D eigenvalue weighted by Crippen LogP contribution is 2.20. The molecule has 0 radical (unpaired) electrons. The predicted molar refractivity (Wildman–Crippen MR) is 81.2 cm³/mol.